The molecule has 0 saturated carbocycles. The van der Waals surface area contributed by atoms with Gasteiger partial charge in [0.25, 0.3) is 0 Å². The molecule has 1 N–H and O–H groups in total. The third-order valence-electron chi connectivity index (χ3n) is 4.15. The molecule has 2 aromatic heterocycles. The van der Waals surface area contributed by atoms with Gasteiger partial charge in [-0.05, 0) is 25.5 Å². The molecule has 24 heavy (non-hydrogen) atoms. The summed E-state index contributed by atoms with van der Waals surface area (Å²) in [6.07, 6.45) is 8.92. The predicted octanol–water partition coefficient (Wildman–Crippen LogP) is 1.84. The van der Waals surface area contributed by atoms with Crippen molar-refractivity contribution in [2.45, 2.75) is 32.4 Å². The standard InChI is InChI=1S/C17H23N5O2/c1-14-19-8-11-21(14)9-3-7-20-17(23)22-10-5-16(13-22)24-15-4-2-6-18-12-15/h2,4,6,8,11-12,16H,3,5,7,9-10,13H2,1H3,(H,20,23). The quantitative estimate of drug-likeness (QED) is 0.821. The van der Waals surface area contributed by atoms with Gasteiger partial charge < -0.3 is 19.5 Å². The number of nitrogens with zero attached hydrogens (tertiary/aromatic N) is 4. The Kier molecular flexibility index (Phi) is 5.30. The average Bonchev–Trinajstić information content (AvgIpc) is 3.22. The second-order valence-electron chi connectivity index (χ2n) is 5.92. The number of amides is 2. The smallest absolute Gasteiger partial charge is 0.317 e. The van der Waals surface area contributed by atoms with Crippen LogP contribution in [0.5, 0.6) is 5.75 Å². The highest BCUT2D eigenvalue weighted by atomic mass is 16.5. The highest BCUT2D eigenvalue weighted by molar-refractivity contribution is 5.74. The third kappa shape index (κ3) is 4.24. The molecule has 2 amide bonds. The summed E-state index contributed by atoms with van der Waals surface area (Å²) in [5, 5.41) is 2.98. The number of rotatable bonds is 6. The minimum atomic E-state index is -0.0189. The van der Waals surface area contributed by atoms with Crippen molar-refractivity contribution in [2.24, 2.45) is 0 Å². The van der Waals surface area contributed by atoms with Crippen molar-refractivity contribution in [3.8, 4) is 5.75 Å². The van der Waals surface area contributed by atoms with Gasteiger partial charge in [0.1, 0.15) is 17.7 Å². The highest BCUT2D eigenvalue weighted by Gasteiger charge is 2.27. The van der Waals surface area contributed by atoms with Gasteiger partial charge in [-0.3, -0.25) is 4.98 Å². The first-order chi connectivity index (χ1) is 11.7. The highest BCUT2D eigenvalue weighted by Crippen LogP contribution is 2.17. The van der Waals surface area contributed by atoms with E-state index in [1.807, 2.05) is 30.2 Å². The molecular formula is C17H23N5O2. The van der Waals surface area contributed by atoms with E-state index in [9.17, 15) is 4.79 Å². The lowest BCUT2D eigenvalue weighted by Crippen LogP contribution is -2.40. The van der Waals surface area contributed by atoms with Gasteiger partial charge in [0, 0.05) is 44.6 Å². The number of aromatic nitrogens is 3. The lowest BCUT2D eigenvalue weighted by Gasteiger charge is -2.18. The largest absolute Gasteiger partial charge is 0.487 e. The van der Waals surface area contributed by atoms with Crippen molar-refractivity contribution in [3.63, 3.8) is 0 Å². The number of imidazole rings is 1. The first-order valence-electron chi connectivity index (χ1n) is 8.29. The van der Waals surface area contributed by atoms with E-state index in [1.54, 1.807) is 18.6 Å². The van der Waals surface area contributed by atoms with Crippen LogP contribution in [0.1, 0.15) is 18.7 Å². The van der Waals surface area contributed by atoms with Gasteiger partial charge in [-0.15, -0.1) is 0 Å². The molecule has 0 bridgehead atoms. The Morgan fingerprint density at radius 3 is 3.12 bits per heavy atom. The molecule has 3 heterocycles. The molecule has 1 aliphatic heterocycles. The summed E-state index contributed by atoms with van der Waals surface area (Å²) in [4.78, 5) is 22.2. The second kappa shape index (κ2) is 7.81. The molecule has 3 rings (SSSR count). The lowest BCUT2D eigenvalue weighted by atomic mass is 10.3. The van der Waals surface area contributed by atoms with Crippen LogP contribution in [0.4, 0.5) is 4.79 Å². The van der Waals surface area contributed by atoms with Gasteiger partial charge in [-0.1, -0.05) is 0 Å². The van der Waals surface area contributed by atoms with Crippen LogP contribution in [0.3, 0.4) is 0 Å². The topological polar surface area (TPSA) is 72.3 Å². The van der Waals surface area contributed by atoms with Crippen molar-refractivity contribution >= 4 is 6.03 Å². The fourth-order valence-corrected chi connectivity index (χ4v) is 2.81. The van der Waals surface area contributed by atoms with Crippen molar-refractivity contribution < 1.29 is 9.53 Å². The van der Waals surface area contributed by atoms with E-state index in [4.69, 9.17) is 4.74 Å². The van der Waals surface area contributed by atoms with Gasteiger partial charge in [0.2, 0.25) is 0 Å². The van der Waals surface area contributed by atoms with Crippen LogP contribution in [0.15, 0.2) is 36.9 Å². The minimum absolute atomic E-state index is 0.0189. The average molecular weight is 329 g/mol. The van der Waals surface area contributed by atoms with Gasteiger partial charge in [-0.25, -0.2) is 9.78 Å². The fourth-order valence-electron chi connectivity index (χ4n) is 2.81. The maximum atomic E-state index is 12.2. The molecule has 0 radical (unpaired) electrons. The normalized spacial score (nSPS) is 17.0. The molecular weight excluding hydrogens is 306 g/mol. The Morgan fingerprint density at radius 1 is 1.46 bits per heavy atom. The zero-order valence-corrected chi connectivity index (χ0v) is 13.9. The summed E-state index contributed by atoms with van der Waals surface area (Å²) < 4.78 is 7.93. The van der Waals surface area contributed by atoms with Crippen molar-refractivity contribution in [3.05, 3.63) is 42.7 Å². The van der Waals surface area contributed by atoms with E-state index in [1.165, 1.54) is 0 Å². The number of aryl methyl sites for hydroxylation is 2. The van der Waals surface area contributed by atoms with Crippen LogP contribution >= 0.6 is 0 Å². The van der Waals surface area contributed by atoms with E-state index in [0.717, 1.165) is 37.5 Å². The number of nitrogens with one attached hydrogen (secondary N) is 1. The number of ether oxygens (including phenoxy) is 1. The first-order valence-corrected chi connectivity index (χ1v) is 8.29. The third-order valence-corrected chi connectivity index (χ3v) is 4.15. The summed E-state index contributed by atoms with van der Waals surface area (Å²) in [6.45, 7) is 4.82. The summed E-state index contributed by atoms with van der Waals surface area (Å²) in [7, 11) is 0. The number of carbonyl (C=O) groups excluding carboxylic acids is 1. The van der Waals surface area contributed by atoms with Gasteiger partial charge in [-0.2, -0.15) is 0 Å². The molecule has 1 saturated heterocycles. The number of carbonyl (C=O) groups is 1. The second-order valence-corrected chi connectivity index (χ2v) is 5.92. The van der Waals surface area contributed by atoms with Crippen LogP contribution < -0.4 is 10.1 Å². The predicted molar refractivity (Wildman–Crippen MR) is 89.8 cm³/mol. The molecule has 0 aromatic carbocycles. The number of urea groups is 1. The van der Waals surface area contributed by atoms with Crippen LogP contribution in [0.25, 0.3) is 0 Å². The lowest BCUT2D eigenvalue weighted by molar-refractivity contribution is 0.186. The molecule has 2 aromatic rings. The number of hydrogen-bond acceptors (Lipinski definition) is 4. The molecule has 1 aliphatic rings. The maximum absolute atomic E-state index is 12.2. The molecule has 1 fully saturated rings. The molecule has 7 nitrogen and oxygen atoms in total. The zero-order chi connectivity index (χ0) is 16.8. The SMILES string of the molecule is Cc1nccn1CCCNC(=O)N1CCC(Oc2cccnc2)C1. The van der Waals surface area contributed by atoms with E-state index < -0.39 is 0 Å². The van der Waals surface area contributed by atoms with Gasteiger partial charge in [0.05, 0.1) is 12.7 Å². The van der Waals surface area contributed by atoms with Crippen LogP contribution in [0.2, 0.25) is 0 Å². The monoisotopic (exact) mass is 329 g/mol. The maximum Gasteiger partial charge on any atom is 0.317 e. The van der Waals surface area contributed by atoms with Crippen molar-refractivity contribution in [1.29, 1.82) is 0 Å². The fraction of sp³-hybridized carbons (Fsp3) is 0.471. The van der Waals surface area contributed by atoms with Crippen LogP contribution in [0, 0.1) is 6.92 Å². The van der Waals surface area contributed by atoms with Crippen molar-refractivity contribution in [1.82, 2.24) is 24.8 Å². The van der Waals surface area contributed by atoms with Crippen molar-refractivity contribution in [2.75, 3.05) is 19.6 Å². The first kappa shape index (κ1) is 16.3. The molecule has 0 aliphatic carbocycles. The Bertz CT molecular complexity index is 658. The molecule has 1 atom stereocenters. The minimum Gasteiger partial charge on any atom is -0.487 e. The molecule has 0 spiro atoms. The Hall–Kier alpha value is -2.57. The number of pyridine rings is 1. The van der Waals surface area contributed by atoms with Crippen LogP contribution in [-0.4, -0.2) is 51.2 Å². The molecule has 7 heteroatoms. The molecule has 128 valence electrons. The Balaban J connectivity index is 1.36. The molecule has 1 unspecified atom stereocenters. The van der Waals surface area contributed by atoms with E-state index in [2.05, 4.69) is 19.9 Å². The Morgan fingerprint density at radius 2 is 2.38 bits per heavy atom. The van der Waals surface area contributed by atoms with E-state index in [0.29, 0.717) is 13.1 Å². The number of hydrogen-bond donors (Lipinski definition) is 1. The number of likely N-dealkylation sites (tertiary alicyclic amines) is 1. The summed E-state index contributed by atoms with van der Waals surface area (Å²) in [6, 6.07) is 3.71. The van der Waals surface area contributed by atoms with Gasteiger partial charge in [0.15, 0.2) is 0 Å². The summed E-state index contributed by atoms with van der Waals surface area (Å²) in [5.74, 6) is 1.75. The summed E-state index contributed by atoms with van der Waals surface area (Å²) >= 11 is 0. The van der Waals surface area contributed by atoms with E-state index in [-0.39, 0.29) is 12.1 Å². The van der Waals surface area contributed by atoms with Gasteiger partial charge >= 0.3 is 6.03 Å². The van der Waals surface area contributed by atoms with E-state index >= 15 is 0 Å². The zero-order valence-electron chi connectivity index (χ0n) is 13.9. The summed E-state index contributed by atoms with van der Waals surface area (Å²) in [5.41, 5.74) is 0. The Labute approximate surface area is 141 Å². The van der Waals surface area contributed by atoms with Crippen LogP contribution in [-0.2, 0) is 6.54 Å².